The Balaban J connectivity index is 1.45. The third kappa shape index (κ3) is 7.25. The maximum absolute atomic E-state index is 13.6. The van der Waals surface area contributed by atoms with Crippen LogP contribution >= 0.6 is 0 Å². The van der Waals surface area contributed by atoms with Crippen molar-refractivity contribution in [3.8, 4) is 11.5 Å². The summed E-state index contributed by atoms with van der Waals surface area (Å²) in [6.07, 6.45) is 0.216. The molecule has 2 aliphatic rings. The average Bonchev–Trinajstić information content (AvgIpc) is 3.45. The summed E-state index contributed by atoms with van der Waals surface area (Å²) >= 11 is 0. The van der Waals surface area contributed by atoms with E-state index in [1.54, 1.807) is 0 Å². The quantitative estimate of drug-likeness (QED) is 0.415. The summed E-state index contributed by atoms with van der Waals surface area (Å²) < 4.78 is 71.5. The van der Waals surface area contributed by atoms with Crippen LogP contribution in [0.1, 0.15) is 61.4 Å². The van der Waals surface area contributed by atoms with E-state index in [1.807, 2.05) is 4.72 Å². The highest BCUT2D eigenvalue weighted by atomic mass is 32.2. The number of aliphatic hydroxyl groups is 1. The van der Waals surface area contributed by atoms with E-state index in [1.165, 1.54) is 42.2 Å². The van der Waals surface area contributed by atoms with Crippen molar-refractivity contribution in [2.24, 2.45) is 5.92 Å². The minimum absolute atomic E-state index is 0.0164. The van der Waals surface area contributed by atoms with Gasteiger partial charge in [0.1, 0.15) is 11.5 Å². The molecule has 2 fully saturated rings. The van der Waals surface area contributed by atoms with Crippen LogP contribution in [-0.4, -0.2) is 54.8 Å². The number of urea groups is 1. The molecule has 0 bridgehead atoms. The summed E-state index contributed by atoms with van der Waals surface area (Å²) in [6.45, 7) is 1.96. The summed E-state index contributed by atoms with van der Waals surface area (Å²) in [5.74, 6) is -1.03. The molecule has 0 spiro atoms. The summed E-state index contributed by atoms with van der Waals surface area (Å²) in [4.78, 5) is 26.5. The fraction of sp³-hybridized carbons (Fsp3) is 0.481. The average molecular weight is 584 g/mol. The van der Waals surface area contributed by atoms with E-state index in [-0.39, 0.29) is 34.4 Å². The van der Waals surface area contributed by atoms with Crippen LogP contribution in [0, 0.1) is 5.92 Å². The molecule has 3 amide bonds. The van der Waals surface area contributed by atoms with Gasteiger partial charge in [0.2, 0.25) is 10.0 Å². The lowest BCUT2D eigenvalue weighted by atomic mass is 9.78. The van der Waals surface area contributed by atoms with Gasteiger partial charge in [0.15, 0.2) is 0 Å². The number of hydrogen-bond acceptors (Lipinski definition) is 6. The molecule has 218 valence electrons. The number of hydrogen-bond donors (Lipinski definition) is 3. The first-order chi connectivity index (χ1) is 18.8. The molecule has 40 heavy (non-hydrogen) atoms. The van der Waals surface area contributed by atoms with E-state index in [9.17, 15) is 36.3 Å². The van der Waals surface area contributed by atoms with Crippen molar-refractivity contribution < 1.29 is 41.0 Å². The van der Waals surface area contributed by atoms with Crippen molar-refractivity contribution in [2.45, 2.75) is 57.2 Å². The van der Waals surface area contributed by atoms with Gasteiger partial charge in [0.05, 0.1) is 16.9 Å². The second-order valence-electron chi connectivity index (χ2n) is 10.2. The number of sulfonamides is 1. The monoisotopic (exact) mass is 583 g/mol. The topological polar surface area (TPSA) is 125 Å². The van der Waals surface area contributed by atoms with Gasteiger partial charge >= 0.3 is 12.2 Å². The van der Waals surface area contributed by atoms with Crippen LogP contribution in [-0.2, 0) is 16.2 Å². The minimum atomic E-state index is -4.71. The maximum Gasteiger partial charge on any atom is 0.416 e. The number of likely N-dealkylation sites (tertiary alicyclic amines) is 1. The zero-order chi connectivity index (χ0) is 29.1. The SMILES string of the molecule is CCS(=O)(=O)NC(=O)c1ccc(Oc2cc(NC(=O)N3CCC(O)(C4CCCC4)CC3)cc(C(F)(F)F)c2)cc1. The third-order valence-electron chi connectivity index (χ3n) is 7.50. The molecular weight excluding hydrogens is 551 g/mol. The van der Waals surface area contributed by atoms with Gasteiger partial charge in [-0.2, -0.15) is 13.2 Å². The van der Waals surface area contributed by atoms with Gasteiger partial charge in [-0.15, -0.1) is 0 Å². The Bertz CT molecular complexity index is 1330. The second kappa shape index (κ2) is 11.7. The molecule has 1 saturated carbocycles. The van der Waals surface area contributed by atoms with Crippen LogP contribution in [0.15, 0.2) is 42.5 Å². The summed E-state index contributed by atoms with van der Waals surface area (Å²) in [7, 11) is -3.76. The Labute approximate surface area is 230 Å². The lowest BCUT2D eigenvalue weighted by molar-refractivity contribution is -0.137. The van der Waals surface area contributed by atoms with Crippen LogP contribution in [0.25, 0.3) is 0 Å². The number of ether oxygens (including phenoxy) is 1. The van der Waals surface area contributed by atoms with E-state index in [2.05, 4.69) is 5.32 Å². The first kappa shape index (κ1) is 29.7. The van der Waals surface area contributed by atoms with E-state index >= 15 is 0 Å². The number of nitrogens with zero attached hydrogens (tertiary/aromatic N) is 1. The fourth-order valence-electron chi connectivity index (χ4n) is 5.15. The molecule has 0 unspecified atom stereocenters. The number of piperidine rings is 1. The number of anilines is 1. The van der Waals surface area contributed by atoms with E-state index in [0.29, 0.717) is 25.9 Å². The van der Waals surface area contributed by atoms with Crippen LogP contribution in [0.3, 0.4) is 0 Å². The zero-order valence-corrected chi connectivity index (χ0v) is 22.8. The molecule has 1 heterocycles. The highest BCUT2D eigenvalue weighted by Crippen LogP contribution is 2.40. The first-order valence-corrected chi connectivity index (χ1v) is 14.8. The van der Waals surface area contributed by atoms with E-state index in [0.717, 1.165) is 37.8 Å². The van der Waals surface area contributed by atoms with Gasteiger partial charge < -0.3 is 20.1 Å². The fourth-order valence-corrected chi connectivity index (χ4v) is 5.69. The molecule has 13 heteroatoms. The number of amides is 3. The van der Waals surface area contributed by atoms with Gasteiger partial charge in [0, 0.05) is 30.4 Å². The molecule has 0 aromatic heterocycles. The largest absolute Gasteiger partial charge is 0.457 e. The lowest BCUT2D eigenvalue weighted by Crippen LogP contribution is -2.50. The standard InChI is InChI=1S/C27H32F3N3O6S/c1-2-40(37,38)32-24(34)18-7-9-22(10-8-18)39-23-16-20(27(28,29)30)15-21(17-23)31-25(35)33-13-11-26(36,12-14-33)19-5-3-4-6-19/h7-10,15-17,19,36H,2-6,11-14H2,1H3,(H,31,35)(H,32,34). The highest BCUT2D eigenvalue weighted by Gasteiger charge is 2.41. The Kier molecular flexibility index (Phi) is 8.64. The molecule has 9 nitrogen and oxygen atoms in total. The van der Waals surface area contributed by atoms with Crippen LogP contribution in [0.5, 0.6) is 11.5 Å². The van der Waals surface area contributed by atoms with Gasteiger partial charge in [-0.3, -0.25) is 4.79 Å². The van der Waals surface area contributed by atoms with Gasteiger partial charge in [-0.25, -0.2) is 17.9 Å². The van der Waals surface area contributed by atoms with Crippen molar-refractivity contribution >= 4 is 27.6 Å². The van der Waals surface area contributed by atoms with Crippen LogP contribution in [0.2, 0.25) is 0 Å². The molecule has 2 aromatic rings. The summed E-state index contributed by atoms with van der Waals surface area (Å²) in [6, 6.07) is 7.44. The predicted octanol–water partition coefficient (Wildman–Crippen LogP) is 5.13. The smallest absolute Gasteiger partial charge is 0.416 e. The molecule has 0 radical (unpaired) electrons. The predicted molar refractivity (Wildman–Crippen MR) is 142 cm³/mol. The maximum atomic E-state index is 13.6. The number of carbonyl (C=O) groups excluding carboxylic acids is 2. The van der Waals surface area contributed by atoms with E-state index in [4.69, 9.17) is 4.74 Å². The number of benzene rings is 2. The van der Waals surface area contributed by atoms with Crippen molar-refractivity contribution in [3.05, 3.63) is 53.6 Å². The Morgan fingerprint density at radius 2 is 1.68 bits per heavy atom. The Morgan fingerprint density at radius 1 is 1.05 bits per heavy atom. The summed E-state index contributed by atoms with van der Waals surface area (Å²) in [5.41, 5.74) is -1.95. The van der Waals surface area contributed by atoms with Crippen molar-refractivity contribution in [1.29, 1.82) is 0 Å². The first-order valence-electron chi connectivity index (χ1n) is 13.1. The van der Waals surface area contributed by atoms with Crippen LogP contribution in [0.4, 0.5) is 23.7 Å². The van der Waals surface area contributed by atoms with E-state index < -0.39 is 39.3 Å². The molecule has 1 saturated heterocycles. The third-order valence-corrected chi connectivity index (χ3v) is 8.75. The number of alkyl halides is 3. The number of nitrogens with one attached hydrogen (secondary N) is 2. The zero-order valence-electron chi connectivity index (χ0n) is 22.0. The van der Waals surface area contributed by atoms with Gasteiger partial charge in [-0.05, 0) is 74.9 Å². The number of carbonyl (C=O) groups is 2. The number of halogens is 3. The van der Waals surface area contributed by atoms with Gasteiger partial charge in [0.25, 0.3) is 5.91 Å². The van der Waals surface area contributed by atoms with Crippen molar-refractivity contribution in [3.63, 3.8) is 0 Å². The molecule has 4 rings (SSSR count). The molecule has 1 aliphatic carbocycles. The van der Waals surface area contributed by atoms with Crippen molar-refractivity contribution in [2.75, 3.05) is 24.2 Å². The molecule has 2 aromatic carbocycles. The molecular formula is C27H32F3N3O6S. The summed E-state index contributed by atoms with van der Waals surface area (Å²) in [5, 5.41) is 13.5. The second-order valence-corrected chi connectivity index (χ2v) is 12.2. The van der Waals surface area contributed by atoms with Gasteiger partial charge in [-0.1, -0.05) is 12.8 Å². The lowest BCUT2D eigenvalue weighted by Gasteiger charge is -2.41. The highest BCUT2D eigenvalue weighted by molar-refractivity contribution is 7.90. The molecule has 3 N–H and O–H groups in total. The van der Waals surface area contributed by atoms with Crippen molar-refractivity contribution in [1.82, 2.24) is 9.62 Å². The minimum Gasteiger partial charge on any atom is -0.457 e. The normalized spacial score (nSPS) is 17.9. The Hall–Kier alpha value is -3.32. The number of rotatable bonds is 7. The molecule has 1 aliphatic heterocycles. The molecule has 0 atom stereocenters. The Morgan fingerprint density at radius 3 is 2.25 bits per heavy atom. The van der Waals surface area contributed by atoms with Crippen LogP contribution < -0.4 is 14.8 Å².